The molecular formula is C12H22N6. The molecule has 1 aliphatic rings. The zero-order valence-corrected chi connectivity index (χ0v) is 11.4. The Bertz CT molecular complexity index is 420. The lowest BCUT2D eigenvalue weighted by molar-refractivity contribution is 0.673. The van der Waals surface area contributed by atoms with Crippen LogP contribution < -0.4 is 10.6 Å². The molecule has 2 heterocycles. The Balaban J connectivity index is 2.02. The lowest BCUT2D eigenvalue weighted by Crippen LogP contribution is -2.41. The summed E-state index contributed by atoms with van der Waals surface area (Å²) < 4.78 is 2.18. The first kappa shape index (κ1) is 12.9. The summed E-state index contributed by atoms with van der Waals surface area (Å²) in [6.07, 6.45) is 2.22. The van der Waals surface area contributed by atoms with Gasteiger partial charge in [0.05, 0.1) is 0 Å². The second kappa shape index (κ2) is 5.84. The van der Waals surface area contributed by atoms with E-state index in [-0.39, 0.29) is 0 Å². The van der Waals surface area contributed by atoms with Gasteiger partial charge in [0, 0.05) is 25.6 Å². The average molecular weight is 250 g/mol. The highest BCUT2D eigenvalue weighted by atomic mass is 15.3. The van der Waals surface area contributed by atoms with Gasteiger partial charge in [-0.3, -0.25) is 0 Å². The van der Waals surface area contributed by atoms with Crippen LogP contribution in [0.25, 0.3) is 0 Å². The number of fused-ring (bicyclic) bond motifs is 1. The summed E-state index contributed by atoms with van der Waals surface area (Å²) in [5.41, 5.74) is 0. The average Bonchev–Trinajstić information content (AvgIpc) is 2.88. The van der Waals surface area contributed by atoms with Gasteiger partial charge in [-0.05, 0) is 27.2 Å². The molecule has 0 spiro atoms. The standard InChI is InChI=1S/C12H22N6/c1-4-13-12(15-9(2)3)14-8-11-17-16-10-6-5-7-18(10)11/h9H,4-8H2,1-3H3,(H2,13,14,15). The van der Waals surface area contributed by atoms with E-state index in [1.165, 1.54) is 6.42 Å². The predicted molar refractivity (Wildman–Crippen MR) is 71.4 cm³/mol. The van der Waals surface area contributed by atoms with Crippen LogP contribution in [0.3, 0.4) is 0 Å². The van der Waals surface area contributed by atoms with Crippen LogP contribution in [0.15, 0.2) is 4.99 Å². The molecule has 6 nitrogen and oxygen atoms in total. The Labute approximate surface area is 108 Å². The van der Waals surface area contributed by atoms with E-state index in [0.29, 0.717) is 12.6 Å². The molecule has 0 saturated carbocycles. The molecule has 0 aliphatic carbocycles. The molecule has 1 aromatic heterocycles. The third kappa shape index (κ3) is 3.00. The maximum atomic E-state index is 4.54. The van der Waals surface area contributed by atoms with Crippen molar-refractivity contribution in [1.82, 2.24) is 25.4 Å². The van der Waals surface area contributed by atoms with Crippen LogP contribution in [-0.4, -0.2) is 33.3 Å². The fraction of sp³-hybridized carbons (Fsp3) is 0.750. The van der Waals surface area contributed by atoms with Crippen molar-refractivity contribution in [3.05, 3.63) is 11.6 Å². The van der Waals surface area contributed by atoms with Gasteiger partial charge >= 0.3 is 0 Å². The third-order valence-electron chi connectivity index (χ3n) is 2.83. The summed E-state index contributed by atoms with van der Waals surface area (Å²) in [6.45, 7) is 8.72. The van der Waals surface area contributed by atoms with Crippen LogP contribution in [0.5, 0.6) is 0 Å². The minimum Gasteiger partial charge on any atom is -0.357 e. The van der Waals surface area contributed by atoms with Gasteiger partial charge in [-0.25, -0.2) is 4.99 Å². The van der Waals surface area contributed by atoms with Crippen molar-refractivity contribution >= 4 is 5.96 Å². The first-order chi connectivity index (χ1) is 8.70. The molecule has 0 bridgehead atoms. The summed E-state index contributed by atoms with van der Waals surface area (Å²) in [4.78, 5) is 4.54. The quantitative estimate of drug-likeness (QED) is 0.609. The van der Waals surface area contributed by atoms with Crippen molar-refractivity contribution in [3.8, 4) is 0 Å². The highest BCUT2D eigenvalue weighted by Gasteiger charge is 2.16. The number of hydrogen-bond acceptors (Lipinski definition) is 3. The van der Waals surface area contributed by atoms with Gasteiger partial charge in [0.1, 0.15) is 12.4 Å². The van der Waals surface area contributed by atoms with Crippen LogP contribution in [-0.2, 0) is 19.5 Å². The Morgan fingerprint density at radius 3 is 3.00 bits per heavy atom. The molecule has 0 radical (unpaired) electrons. The molecule has 0 unspecified atom stereocenters. The van der Waals surface area contributed by atoms with Gasteiger partial charge in [-0.1, -0.05) is 0 Å². The van der Waals surface area contributed by atoms with Crippen molar-refractivity contribution in [2.75, 3.05) is 6.54 Å². The summed E-state index contributed by atoms with van der Waals surface area (Å²) in [5.74, 6) is 2.90. The second-order valence-corrected chi connectivity index (χ2v) is 4.78. The van der Waals surface area contributed by atoms with Gasteiger partial charge in [0.15, 0.2) is 11.8 Å². The summed E-state index contributed by atoms with van der Waals surface area (Å²) in [7, 11) is 0. The van der Waals surface area contributed by atoms with Crippen molar-refractivity contribution in [3.63, 3.8) is 0 Å². The molecule has 0 saturated heterocycles. The summed E-state index contributed by atoms with van der Waals surface area (Å²) >= 11 is 0. The first-order valence-corrected chi connectivity index (χ1v) is 6.66. The Morgan fingerprint density at radius 1 is 1.44 bits per heavy atom. The van der Waals surface area contributed by atoms with Gasteiger partial charge in [-0.2, -0.15) is 0 Å². The van der Waals surface area contributed by atoms with E-state index in [1.807, 2.05) is 0 Å². The lowest BCUT2D eigenvalue weighted by Gasteiger charge is -2.13. The van der Waals surface area contributed by atoms with E-state index in [0.717, 1.165) is 37.1 Å². The topological polar surface area (TPSA) is 67.1 Å². The Kier molecular flexibility index (Phi) is 4.17. The molecule has 100 valence electrons. The lowest BCUT2D eigenvalue weighted by atomic mass is 10.4. The number of nitrogens with zero attached hydrogens (tertiary/aromatic N) is 4. The molecule has 2 N–H and O–H groups in total. The number of hydrogen-bond donors (Lipinski definition) is 2. The normalized spacial score (nSPS) is 15.0. The van der Waals surface area contributed by atoms with E-state index in [1.54, 1.807) is 0 Å². The highest BCUT2D eigenvalue weighted by molar-refractivity contribution is 5.79. The van der Waals surface area contributed by atoms with Gasteiger partial charge < -0.3 is 15.2 Å². The smallest absolute Gasteiger partial charge is 0.191 e. The minimum absolute atomic E-state index is 0.368. The molecule has 18 heavy (non-hydrogen) atoms. The number of nitrogens with one attached hydrogen (secondary N) is 2. The molecule has 0 aromatic carbocycles. The molecule has 0 amide bonds. The van der Waals surface area contributed by atoms with E-state index in [4.69, 9.17) is 0 Å². The summed E-state index contributed by atoms with van der Waals surface area (Å²) in [5, 5.41) is 14.9. The predicted octanol–water partition coefficient (Wildman–Crippen LogP) is 0.688. The number of aromatic nitrogens is 3. The fourth-order valence-electron chi connectivity index (χ4n) is 2.07. The van der Waals surface area contributed by atoms with Crippen LogP contribution in [0.4, 0.5) is 0 Å². The molecule has 6 heteroatoms. The van der Waals surface area contributed by atoms with Gasteiger partial charge in [0.2, 0.25) is 0 Å². The van der Waals surface area contributed by atoms with Crippen LogP contribution >= 0.6 is 0 Å². The Morgan fingerprint density at radius 2 is 2.28 bits per heavy atom. The number of guanidine groups is 1. The van der Waals surface area contributed by atoms with Crippen molar-refractivity contribution in [1.29, 1.82) is 0 Å². The molecule has 2 rings (SSSR count). The summed E-state index contributed by atoms with van der Waals surface area (Å²) in [6, 6.07) is 0.368. The largest absolute Gasteiger partial charge is 0.357 e. The molecule has 0 atom stereocenters. The second-order valence-electron chi connectivity index (χ2n) is 4.78. The Hall–Kier alpha value is -1.59. The van der Waals surface area contributed by atoms with Crippen LogP contribution in [0.1, 0.15) is 38.8 Å². The monoisotopic (exact) mass is 250 g/mol. The number of rotatable bonds is 4. The van der Waals surface area contributed by atoms with E-state index < -0.39 is 0 Å². The SMILES string of the molecule is CCNC(=NCc1nnc2n1CCC2)NC(C)C. The van der Waals surface area contributed by atoms with E-state index in [2.05, 4.69) is 51.2 Å². The molecule has 1 aromatic rings. The van der Waals surface area contributed by atoms with Crippen LogP contribution in [0, 0.1) is 0 Å². The van der Waals surface area contributed by atoms with Gasteiger partial charge in [0.25, 0.3) is 0 Å². The van der Waals surface area contributed by atoms with E-state index in [9.17, 15) is 0 Å². The van der Waals surface area contributed by atoms with Crippen molar-refractivity contribution < 1.29 is 0 Å². The maximum Gasteiger partial charge on any atom is 0.191 e. The minimum atomic E-state index is 0.368. The first-order valence-electron chi connectivity index (χ1n) is 6.66. The van der Waals surface area contributed by atoms with Crippen LogP contribution in [0.2, 0.25) is 0 Å². The maximum absolute atomic E-state index is 4.54. The molecule has 1 aliphatic heterocycles. The van der Waals surface area contributed by atoms with Crippen molar-refractivity contribution in [2.45, 2.75) is 52.7 Å². The number of aliphatic imine (C=N–C) groups is 1. The highest BCUT2D eigenvalue weighted by Crippen LogP contribution is 2.14. The van der Waals surface area contributed by atoms with E-state index >= 15 is 0 Å². The zero-order valence-electron chi connectivity index (χ0n) is 11.4. The molecule has 0 fully saturated rings. The molecular weight excluding hydrogens is 228 g/mol. The zero-order chi connectivity index (χ0) is 13.0. The third-order valence-corrected chi connectivity index (χ3v) is 2.83. The van der Waals surface area contributed by atoms with Crippen molar-refractivity contribution in [2.24, 2.45) is 4.99 Å². The fourth-order valence-corrected chi connectivity index (χ4v) is 2.07. The number of aryl methyl sites for hydroxylation is 1. The van der Waals surface area contributed by atoms with Gasteiger partial charge in [-0.15, -0.1) is 10.2 Å².